The minimum Gasteiger partial charge on any atom is -0.458 e. The molecule has 0 N–H and O–H groups in total. The smallest absolute Gasteiger partial charge is 0.330 e. The van der Waals surface area contributed by atoms with Crippen LogP contribution in [0.4, 0.5) is 0 Å². The topological polar surface area (TPSA) is 50.1 Å². The van der Waals surface area contributed by atoms with Crippen molar-refractivity contribution in [3.63, 3.8) is 0 Å². The second-order valence-electron chi connectivity index (χ2n) is 3.66. The molecule has 0 heterocycles. The van der Waals surface area contributed by atoms with Crippen LogP contribution < -0.4 is 0 Å². The second-order valence-corrected chi connectivity index (χ2v) is 3.66. The third-order valence-corrected chi connectivity index (χ3v) is 2.78. The number of carbonyl (C=O) groups excluding carboxylic acids is 1. The van der Waals surface area contributed by atoms with Crippen LogP contribution in [0, 0.1) is 23.2 Å². The van der Waals surface area contributed by atoms with Gasteiger partial charge in [-0.3, -0.25) is 0 Å². The number of carbonyl (C=O) groups is 1. The van der Waals surface area contributed by atoms with Crippen LogP contribution >= 0.6 is 0 Å². The van der Waals surface area contributed by atoms with E-state index in [-0.39, 0.29) is 12.0 Å². The summed E-state index contributed by atoms with van der Waals surface area (Å²) in [6.07, 6.45) is 3.63. The zero-order valence-corrected chi connectivity index (χ0v) is 8.40. The Bertz CT molecular complexity index is 267. The lowest BCUT2D eigenvalue weighted by molar-refractivity contribution is -0.143. The first-order valence-electron chi connectivity index (χ1n) is 4.93. The lowest BCUT2D eigenvalue weighted by Crippen LogP contribution is -2.20. The maximum absolute atomic E-state index is 11.0. The lowest BCUT2D eigenvalue weighted by atomic mass is 10.0. The van der Waals surface area contributed by atoms with E-state index in [0.717, 1.165) is 25.3 Å². The molecule has 0 aromatic carbocycles. The SMILES string of the molecule is C=CC(=O)OC1CC(CC)CC1C#N. The van der Waals surface area contributed by atoms with Gasteiger partial charge >= 0.3 is 5.97 Å². The molecular formula is C11H15NO2. The molecule has 0 amide bonds. The quantitative estimate of drug-likeness (QED) is 0.509. The van der Waals surface area contributed by atoms with Crippen LogP contribution in [-0.2, 0) is 9.53 Å². The zero-order chi connectivity index (χ0) is 10.6. The first-order chi connectivity index (χ1) is 6.71. The van der Waals surface area contributed by atoms with Crippen molar-refractivity contribution in [3.8, 4) is 6.07 Å². The first kappa shape index (κ1) is 10.8. The largest absolute Gasteiger partial charge is 0.458 e. The van der Waals surface area contributed by atoms with Crippen molar-refractivity contribution >= 4 is 5.97 Å². The molecule has 1 aliphatic rings. The van der Waals surface area contributed by atoms with E-state index in [4.69, 9.17) is 10.00 Å². The molecule has 76 valence electrons. The van der Waals surface area contributed by atoms with E-state index in [0.29, 0.717) is 5.92 Å². The molecule has 1 aliphatic carbocycles. The van der Waals surface area contributed by atoms with Gasteiger partial charge in [0.25, 0.3) is 0 Å². The number of nitriles is 1. The summed E-state index contributed by atoms with van der Waals surface area (Å²) >= 11 is 0. The Morgan fingerprint density at radius 1 is 1.71 bits per heavy atom. The molecule has 3 atom stereocenters. The summed E-state index contributed by atoms with van der Waals surface area (Å²) in [4.78, 5) is 11.0. The molecule has 3 nitrogen and oxygen atoms in total. The normalized spacial score (nSPS) is 30.7. The van der Waals surface area contributed by atoms with E-state index in [2.05, 4.69) is 19.6 Å². The predicted octanol–water partition coefficient (Wildman–Crippen LogP) is 2.04. The van der Waals surface area contributed by atoms with Gasteiger partial charge in [0.05, 0.1) is 12.0 Å². The number of esters is 1. The average molecular weight is 193 g/mol. The lowest BCUT2D eigenvalue weighted by Gasteiger charge is -2.12. The highest BCUT2D eigenvalue weighted by molar-refractivity contribution is 5.81. The Morgan fingerprint density at radius 3 is 2.93 bits per heavy atom. The van der Waals surface area contributed by atoms with Crippen molar-refractivity contribution in [1.29, 1.82) is 5.26 Å². The molecule has 0 aromatic heterocycles. The van der Waals surface area contributed by atoms with Crippen LogP contribution in [-0.4, -0.2) is 12.1 Å². The minimum absolute atomic E-state index is 0.135. The van der Waals surface area contributed by atoms with Crippen molar-refractivity contribution < 1.29 is 9.53 Å². The summed E-state index contributed by atoms with van der Waals surface area (Å²) < 4.78 is 5.12. The molecule has 0 radical (unpaired) electrons. The molecular weight excluding hydrogens is 178 g/mol. The third-order valence-electron chi connectivity index (χ3n) is 2.78. The van der Waals surface area contributed by atoms with Gasteiger partial charge in [-0.1, -0.05) is 19.9 Å². The van der Waals surface area contributed by atoms with Crippen LogP contribution in [0.2, 0.25) is 0 Å². The Morgan fingerprint density at radius 2 is 2.43 bits per heavy atom. The summed E-state index contributed by atoms with van der Waals surface area (Å²) in [6, 6.07) is 2.20. The number of nitrogens with zero attached hydrogens (tertiary/aromatic N) is 1. The maximum atomic E-state index is 11.0. The molecule has 0 bridgehead atoms. The molecule has 0 spiro atoms. The van der Waals surface area contributed by atoms with Crippen LogP contribution in [0.3, 0.4) is 0 Å². The van der Waals surface area contributed by atoms with Crippen molar-refractivity contribution in [2.24, 2.45) is 11.8 Å². The Hall–Kier alpha value is -1.30. The zero-order valence-electron chi connectivity index (χ0n) is 8.40. The molecule has 0 aliphatic heterocycles. The maximum Gasteiger partial charge on any atom is 0.330 e. The summed E-state index contributed by atoms with van der Waals surface area (Å²) in [5.74, 6) is -0.0434. The average Bonchev–Trinajstić information content (AvgIpc) is 2.60. The van der Waals surface area contributed by atoms with Crippen LogP contribution in [0.25, 0.3) is 0 Å². The van der Waals surface area contributed by atoms with Crippen LogP contribution in [0.5, 0.6) is 0 Å². The van der Waals surface area contributed by atoms with E-state index < -0.39 is 5.97 Å². The van der Waals surface area contributed by atoms with Crippen molar-refractivity contribution in [2.75, 3.05) is 0 Å². The number of rotatable bonds is 3. The molecule has 1 saturated carbocycles. The predicted molar refractivity (Wildman–Crippen MR) is 52.2 cm³/mol. The fraction of sp³-hybridized carbons (Fsp3) is 0.636. The Balaban J connectivity index is 2.55. The first-order valence-corrected chi connectivity index (χ1v) is 4.93. The third kappa shape index (κ3) is 2.35. The fourth-order valence-electron chi connectivity index (χ4n) is 1.90. The monoisotopic (exact) mass is 193 g/mol. The van der Waals surface area contributed by atoms with E-state index in [1.165, 1.54) is 0 Å². The summed E-state index contributed by atoms with van der Waals surface area (Å²) in [7, 11) is 0. The van der Waals surface area contributed by atoms with E-state index in [9.17, 15) is 4.79 Å². The van der Waals surface area contributed by atoms with Crippen molar-refractivity contribution in [1.82, 2.24) is 0 Å². The van der Waals surface area contributed by atoms with Gasteiger partial charge < -0.3 is 4.74 Å². The van der Waals surface area contributed by atoms with Gasteiger partial charge in [-0.25, -0.2) is 4.79 Å². The number of ether oxygens (including phenoxy) is 1. The number of hydrogen-bond donors (Lipinski definition) is 0. The van der Waals surface area contributed by atoms with Gasteiger partial charge in [0.15, 0.2) is 0 Å². The van der Waals surface area contributed by atoms with Crippen LogP contribution in [0.15, 0.2) is 12.7 Å². The van der Waals surface area contributed by atoms with Crippen molar-refractivity contribution in [2.45, 2.75) is 32.3 Å². The standard InChI is InChI=1S/C11H15NO2/c1-3-8-5-9(7-12)10(6-8)14-11(13)4-2/h4,8-10H,2-3,5-6H2,1H3. The van der Waals surface area contributed by atoms with E-state index >= 15 is 0 Å². The van der Waals surface area contributed by atoms with E-state index in [1.54, 1.807) is 0 Å². The molecule has 14 heavy (non-hydrogen) atoms. The minimum atomic E-state index is -0.424. The summed E-state index contributed by atoms with van der Waals surface area (Å²) in [5.41, 5.74) is 0. The highest BCUT2D eigenvalue weighted by atomic mass is 16.5. The summed E-state index contributed by atoms with van der Waals surface area (Å²) in [5, 5.41) is 8.87. The Kier molecular flexibility index (Phi) is 3.70. The van der Waals surface area contributed by atoms with E-state index in [1.807, 2.05) is 0 Å². The molecule has 0 saturated heterocycles. The molecule has 0 aromatic rings. The summed E-state index contributed by atoms with van der Waals surface area (Å²) in [6.45, 7) is 5.43. The number of hydrogen-bond acceptors (Lipinski definition) is 3. The van der Waals surface area contributed by atoms with Crippen molar-refractivity contribution in [3.05, 3.63) is 12.7 Å². The molecule has 1 rings (SSSR count). The Labute approximate surface area is 84.4 Å². The van der Waals surface area contributed by atoms with Gasteiger partial charge in [0.2, 0.25) is 0 Å². The second kappa shape index (κ2) is 4.80. The molecule has 3 heteroatoms. The highest BCUT2D eigenvalue weighted by Gasteiger charge is 2.35. The van der Waals surface area contributed by atoms with Gasteiger partial charge in [-0.05, 0) is 18.8 Å². The highest BCUT2D eigenvalue weighted by Crippen LogP contribution is 2.34. The molecule has 1 fully saturated rings. The fourth-order valence-corrected chi connectivity index (χ4v) is 1.90. The van der Waals surface area contributed by atoms with Gasteiger partial charge in [0, 0.05) is 6.08 Å². The molecule has 3 unspecified atom stereocenters. The van der Waals surface area contributed by atoms with Gasteiger partial charge in [-0.15, -0.1) is 0 Å². The van der Waals surface area contributed by atoms with Gasteiger partial charge in [-0.2, -0.15) is 5.26 Å². The van der Waals surface area contributed by atoms with Gasteiger partial charge in [0.1, 0.15) is 6.10 Å². The van der Waals surface area contributed by atoms with Crippen LogP contribution in [0.1, 0.15) is 26.2 Å².